The van der Waals surface area contributed by atoms with E-state index in [0.29, 0.717) is 5.56 Å². The van der Waals surface area contributed by atoms with E-state index in [2.05, 4.69) is 0 Å². The molecule has 0 bridgehead atoms. The molecular formula is C10H12F2N2. The SMILES string of the molecule is CC(C)c1cc(F)c(C(=N)N)cc1F. The zero-order chi connectivity index (χ0) is 10.9. The van der Waals surface area contributed by atoms with Crippen LogP contribution in [0.25, 0.3) is 0 Å². The van der Waals surface area contributed by atoms with Crippen LogP contribution in [0, 0.1) is 17.0 Å². The number of nitrogens with one attached hydrogen (secondary N) is 1. The third-order valence-electron chi connectivity index (χ3n) is 2.00. The van der Waals surface area contributed by atoms with Crippen LogP contribution in [0.2, 0.25) is 0 Å². The number of nitrogens with two attached hydrogens (primary N) is 1. The molecule has 1 aromatic rings. The second-order valence-electron chi connectivity index (χ2n) is 3.42. The number of nitrogen functional groups attached to an aromatic ring is 1. The summed E-state index contributed by atoms with van der Waals surface area (Å²) < 4.78 is 26.6. The standard InChI is InChI=1S/C10H12F2N2/c1-5(2)6-3-9(12)7(10(13)14)4-8(6)11/h3-5H,1-2H3,(H3,13,14). The third-order valence-corrected chi connectivity index (χ3v) is 2.00. The van der Waals surface area contributed by atoms with Crippen LogP contribution in [0.5, 0.6) is 0 Å². The molecule has 0 unspecified atom stereocenters. The van der Waals surface area contributed by atoms with Crippen molar-refractivity contribution < 1.29 is 8.78 Å². The normalized spacial score (nSPS) is 10.6. The number of rotatable bonds is 2. The average Bonchev–Trinajstić information content (AvgIpc) is 2.07. The molecule has 0 aliphatic rings. The van der Waals surface area contributed by atoms with Crippen molar-refractivity contribution >= 4 is 5.84 Å². The first kappa shape index (κ1) is 10.6. The van der Waals surface area contributed by atoms with Gasteiger partial charge in [-0.2, -0.15) is 0 Å². The van der Waals surface area contributed by atoms with Crippen LogP contribution >= 0.6 is 0 Å². The van der Waals surface area contributed by atoms with Gasteiger partial charge in [0.05, 0.1) is 5.56 Å². The van der Waals surface area contributed by atoms with E-state index in [4.69, 9.17) is 11.1 Å². The van der Waals surface area contributed by atoms with Crippen molar-refractivity contribution in [1.29, 1.82) is 5.41 Å². The van der Waals surface area contributed by atoms with Crippen molar-refractivity contribution in [2.24, 2.45) is 5.73 Å². The van der Waals surface area contributed by atoms with Crippen molar-refractivity contribution in [2.75, 3.05) is 0 Å². The molecule has 0 saturated carbocycles. The Bertz CT molecular complexity index is 373. The van der Waals surface area contributed by atoms with E-state index in [9.17, 15) is 8.78 Å². The second-order valence-corrected chi connectivity index (χ2v) is 3.42. The van der Waals surface area contributed by atoms with Gasteiger partial charge >= 0.3 is 0 Å². The second kappa shape index (κ2) is 3.74. The van der Waals surface area contributed by atoms with Crippen molar-refractivity contribution in [2.45, 2.75) is 19.8 Å². The maximum absolute atomic E-state index is 13.3. The predicted molar refractivity (Wildman–Crippen MR) is 51.5 cm³/mol. The van der Waals surface area contributed by atoms with Gasteiger partial charge in [-0.05, 0) is 23.6 Å². The minimum absolute atomic E-state index is 0.0921. The highest BCUT2D eigenvalue weighted by molar-refractivity contribution is 5.95. The van der Waals surface area contributed by atoms with Gasteiger partial charge in [0.1, 0.15) is 17.5 Å². The lowest BCUT2D eigenvalue weighted by molar-refractivity contribution is 0.573. The molecule has 1 rings (SSSR count). The molecule has 0 spiro atoms. The summed E-state index contributed by atoms with van der Waals surface area (Å²) in [6.45, 7) is 3.54. The number of benzene rings is 1. The molecule has 0 aromatic heterocycles. The van der Waals surface area contributed by atoms with Crippen LogP contribution in [0.15, 0.2) is 12.1 Å². The van der Waals surface area contributed by atoms with Gasteiger partial charge in [-0.15, -0.1) is 0 Å². The summed E-state index contributed by atoms with van der Waals surface area (Å²) in [5.74, 6) is -1.73. The lowest BCUT2D eigenvalue weighted by Crippen LogP contribution is -2.14. The van der Waals surface area contributed by atoms with Gasteiger partial charge in [-0.3, -0.25) is 5.41 Å². The highest BCUT2D eigenvalue weighted by Crippen LogP contribution is 2.21. The Hall–Kier alpha value is -1.45. The molecular weight excluding hydrogens is 186 g/mol. The summed E-state index contributed by atoms with van der Waals surface area (Å²) >= 11 is 0. The topological polar surface area (TPSA) is 49.9 Å². The van der Waals surface area contributed by atoms with Crippen LogP contribution < -0.4 is 5.73 Å². The Kier molecular flexibility index (Phi) is 2.84. The molecule has 0 heterocycles. The minimum Gasteiger partial charge on any atom is -0.384 e. The molecule has 0 aliphatic carbocycles. The molecule has 14 heavy (non-hydrogen) atoms. The predicted octanol–water partition coefficient (Wildman–Crippen LogP) is 2.37. The summed E-state index contributed by atoms with van der Waals surface area (Å²) in [4.78, 5) is 0. The van der Waals surface area contributed by atoms with Gasteiger partial charge in [0.15, 0.2) is 0 Å². The summed E-state index contributed by atoms with van der Waals surface area (Å²) in [5.41, 5.74) is 5.20. The van der Waals surface area contributed by atoms with Crippen LogP contribution in [0.1, 0.15) is 30.9 Å². The maximum Gasteiger partial charge on any atom is 0.134 e. The fourth-order valence-electron chi connectivity index (χ4n) is 1.21. The maximum atomic E-state index is 13.3. The summed E-state index contributed by atoms with van der Waals surface area (Å²) in [6, 6.07) is 2.06. The zero-order valence-corrected chi connectivity index (χ0v) is 8.07. The number of hydrogen-bond donors (Lipinski definition) is 2. The summed E-state index contributed by atoms with van der Waals surface area (Å²) in [5, 5.41) is 7.02. The van der Waals surface area contributed by atoms with Gasteiger partial charge in [0.25, 0.3) is 0 Å². The summed E-state index contributed by atoms with van der Waals surface area (Å²) in [7, 11) is 0. The van der Waals surface area contributed by atoms with E-state index in [1.54, 1.807) is 13.8 Å². The lowest BCUT2D eigenvalue weighted by Gasteiger charge is -2.09. The lowest BCUT2D eigenvalue weighted by atomic mass is 10.00. The van der Waals surface area contributed by atoms with Crippen LogP contribution in [0.3, 0.4) is 0 Å². The van der Waals surface area contributed by atoms with Gasteiger partial charge in [-0.1, -0.05) is 13.8 Å². The smallest absolute Gasteiger partial charge is 0.134 e. The molecule has 0 atom stereocenters. The molecule has 0 saturated heterocycles. The van der Waals surface area contributed by atoms with Crippen LogP contribution in [0.4, 0.5) is 8.78 Å². The third kappa shape index (κ3) is 1.89. The van der Waals surface area contributed by atoms with Gasteiger partial charge in [0, 0.05) is 0 Å². The van der Waals surface area contributed by atoms with Crippen molar-refractivity contribution in [3.63, 3.8) is 0 Å². The first-order valence-corrected chi connectivity index (χ1v) is 4.26. The van der Waals surface area contributed by atoms with Gasteiger partial charge < -0.3 is 5.73 Å². The van der Waals surface area contributed by atoms with E-state index in [0.717, 1.165) is 12.1 Å². The van der Waals surface area contributed by atoms with E-state index in [-0.39, 0.29) is 11.5 Å². The van der Waals surface area contributed by atoms with Crippen LogP contribution in [-0.4, -0.2) is 5.84 Å². The number of halogens is 2. The van der Waals surface area contributed by atoms with Gasteiger partial charge in [-0.25, -0.2) is 8.78 Å². The average molecular weight is 198 g/mol. The molecule has 1 aromatic carbocycles. The van der Waals surface area contributed by atoms with Gasteiger partial charge in [0.2, 0.25) is 0 Å². The Balaban J connectivity index is 3.31. The molecule has 0 radical (unpaired) electrons. The Morgan fingerprint density at radius 1 is 1.29 bits per heavy atom. The molecule has 0 aliphatic heterocycles. The molecule has 2 nitrogen and oxygen atoms in total. The van der Waals surface area contributed by atoms with Crippen LogP contribution in [-0.2, 0) is 0 Å². The van der Waals surface area contributed by atoms with Crippen molar-refractivity contribution in [3.8, 4) is 0 Å². The first-order chi connectivity index (χ1) is 6.43. The van der Waals surface area contributed by atoms with E-state index in [1.165, 1.54) is 0 Å². The molecule has 3 N–H and O–H groups in total. The molecule has 0 amide bonds. The fourth-order valence-corrected chi connectivity index (χ4v) is 1.21. The number of hydrogen-bond acceptors (Lipinski definition) is 1. The Morgan fingerprint density at radius 3 is 2.29 bits per heavy atom. The zero-order valence-electron chi connectivity index (χ0n) is 8.07. The largest absolute Gasteiger partial charge is 0.384 e. The van der Waals surface area contributed by atoms with Crippen molar-refractivity contribution in [3.05, 3.63) is 34.9 Å². The highest BCUT2D eigenvalue weighted by atomic mass is 19.1. The fraction of sp³-hybridized carbons (Fsp3) is 0.300. The van der Waals surface area contributed by atoms with E-state index in [1.807, 2.05) is 0 Å². The van der Waals surface area contributed by atoms with Crippen molar-refractivity contribution in [1.82, 2.24) is 0 Å². The molecule has 76 valence electrons. The van der Waals surface area contributed by atoms with E-state index < -0.39 is 17.5 Å². The molecule has 0 fully saturated rings. The monoisotopic (exact) mass is 198 g/mol. The Labute approximate surface area is 81.2 Å². The summed E-state index contributed by atoms with van der Waals surface area (Å²) in [6.07, 6.45) is 0. The Morgan fingerprint density at radius 2 is 1.86 bits per heavy atom. The highest BCUT2D eigenvalue weighted by Gasteiger charge is 2.13. The first-order valence-electron chi connectivity index (χ1n) is 4.26. The minimum atomic E-state index is -0.650. The molecule has 4 heteroatoms. The van der Waals surface area contributed by atoms with E-state index >= 15 is 0 Å². The quantitative estimate of drug-likeness (QED) is 0.556. The number of amidine groups is 1.